The number of benzene rings is 2. The lowest BCUT2D eigenvalue weighted by molar-refractivity contribution is -0.141. The number of amides is 1. The van der Waals surface area contributed by atoms with Crippen LogP contribution in [0.15, 0.2) is 48.5 Å². The maximum Gasteiger partial charge on any atom is 0.308 e. The fourth-order valence-electron chi connectivity index (χ4n) is 3.46. The predicted molar refractivity (Wildman–Crippen MR) is 98.6 cm³/mol. The molecule has 1 heterocycles. The van der Waals surface area contributed by atoms with E-state index in [1.54, 1.807) is 23.1 Å². The molecular weight excluding hydrogens is 354 g/mol. The van der Waals surface area contributed by atoms with Gasteiger partial charge in [0.05, 0.1) is 19.4 Å². The Balaban J connectivity index is 1.80. The number of hydrogen-bond acceptors (Lipinski definition) is 3. The van der Waals surface area contributed by atoms with Crippen molar-refractivity contribution in [3.05, 3.63) is 64.7 Å². The van der Waals surface area contributed by atoms with Crippen LogP contribution in [-0.4, -0.2) is 42.1 Å². The zero-order chi connectivity index (χ0) is 18.7. The Hall–Kier alpha value is -2.53. The summed E-state index contributed by atoms with van der Waals surface area (Å²) in [5.74, 6) is -1.31. The van der Waals surface area contributed by atoms with Crippen molar-refractivity contribution in [3.8, 4) is 5.75 Å². The molecule has 3 rings (SSSR count). The van der Waals surface area contributed by atoms with Crippen LogP contribution < -0.4 is 4.74 Å². The van der Waals surface area contributed by atoms with E-state index in [4.69, 9.17) is 16.3 Å². The molecule has 2 aromatic rings. The Labute approximate surface area is 157 Å². The van der Waals surface area contributed by atoms with E-state index in [9.17, 15) is 14.7 Å². The third-order valence-corrected chi connectivity index (χ3v) is 5.20. The minimum Gasteiger partial charge on any atom is -0.496 e. The van der Waals surface area contributed by atoms with E-state index in [-0.39, 0.29) is 24.8 Å². The molecule has 5 nitrogen and oxygen atoms in total. The summed E-state index contributed by atoms with van der Waals surface area (Å²) in [7, 11) is 1.53. The van der Waals surface area contributed by atoms with Gasteiger partial charge in [-0.25, -0.2) is 0 Å². The van der Waals surface area contributed by atoms with Gasteiger partial charge in [0, 0.05) is 29.6 Å². The van der Waals surface area contributed by atoms with Crippen LogP contribution in [0.2, 0.25) is 5.02 Å². The smallest absolute Gasteiger partial charge is 0.308 e. The van der Waals surface area contributed by atoms with E-state index >= 15 is 0 Å². The number of methoxy groups -OCH3 is 1. The van der Waals surface area contributed by atoms with Crippen LogP contribution in [0.5, 0.6) is 5.75 Å². The van der Waals surface area contributed by atoms with Gasteiger partial charge in [-0.05, 0) is 17.7 Å². The number of halogens is 1. The molecule has 1 N–H and O–H groups in total. The average Bonchev–Trinajstić information content (AvgIpc) is 3.10. The highest BCUT2D eigenvalue weighted by molar-refractivity contribution is 6.31. The molecule has 0 aromatic heterocycles. The van der Waals surface area contributed by atoms with Gasteiger partial charge in [0.2, 0.25) is 5.91 Å². The fraction of sp³-hybridized carbons (Fsp3) is 0.300. The summed E-state index contributed by atoms with van der Waals surface area (Å²) in [4.78, 5) is 26.1. The van der Waals surface area contributed by atoms with E-state index in [1.165, 1.54) is 7.11 Å². The molecule has 6 heteroatoms. The molecule has 2 aromatic carbocycles. The Bertz CT molecular complexity index is 809. The number of rotatable bonds is 5. The molecule has 1 aliphatic rings. The number of carbonyl (C=O) groups is 2. The monoisotopic (exact) mass is 373 g/mol. The maximum atomic E-state index is 12.8. The average molecular weight is 374 g/mol. The van der Waals surface area contributed by atoms with Crippen LogP contribution in [0.1, 0.15) is 17.0 Å². The van der Waals surface area contributed by atoms with Gasteiger partial charge < -0.3 is 14.7 Å². The SMILES string of the molecule is COc1cccc(Cl)c1CC(=O)N1CC(C(=O)O)C(c2ccccc2)C1. The fourth-order valence-corrected chi connectivity index (χ4v) is 3.69. The van der Waals surface area contributed by atoms with Gasteiger partial charge in [0.1, 0.15) is 5.75 Å². The summed E-state index contributed by atoms with van der Waals surface area (Å²) in [6.07, 6.45) is 0.0801. The molecule has 0 aliphatic carbocycles. The van der Waals surface area contributed by atoms with Gasteiger partial charge in [0.15, 0.2) is 0 Å². The molecule has 1 saturated heterocycles. The summed E-state index contributed by atoms with van der Waals surface area (Å²) in [5.41, 5.74) is 1.56. The summed E-state index contributed by atoms with van der Waals surface area (Å²) in [6, 6.07) is 14.7. The van der Waals surface area contributed by atoms with Crippen LogP contribution in [0.3, 0.4) is 0 Å². The van der Waals surface area contributed by atoms with Gasteiger partial charge in [-0.15, -0.1) is 0 Å². The van der Waals surface area contributed by atoms with E-state index < -0.39 is 11.9 Å². The Morgan fingerprint density at radius 3 is 2.54 bits per heavy atom. The third kappa shape index (κ3) is 3.68. The largest absolute Gasteiger partial charge is 0.496 e. The quantitative estimate of drug-likeness (QED) is 0.873. The second-order valence-corrected chi connectivity index (χ2v) is 6.77. The first-order valence-corrected chi connectivity index (χ1v) is 8.76. The highest BCUT2D eigenvalue weighted by Gasteiger charge is 2.40. The van der Waals surface area contributed by atoms with E-state index in [1.807, 2.05) is 30.3 Å². The van der Waals surface area contributed by atoms with Gasteiger partial charge in [0.25, 0.3) is 0 Å². The molecule has 136 valence electrons. The Morgan fingerprint density at radius 2 is 1.88 bits per heavy atom. The van der Waals surface area contributed by atoms with Gasteiger partial charge in [-0.3, -0.25) is 9.59 Å². The number of hydrogen-bond donors (Lipinski definition) is 1. The van der Waals surface area contributed by atoms with Gasteiger partial charge >= 0.3 is 5.97 Å². The number of carboxylic acid groups (broad SMARTS) is 1. The van der Waals surface area contributed by atoms with Crippen LogP contribution in [0, 0.1) is 5.92 Å². The number of carbonyl (C=O) groups excluding carboxylic acids is 1. The van der Waals surface area contributed by atoms with Crippen LogP contribution >= 0.6 is 11.6 Å². The molecule has 0 spiro atoms. The lowest BCUT2D eigenvalue weighted by Crippen LogP contribution is -2.31. The van der Waals surface area contributed by atoms with E-state index in [0.717, 1.165) is 5.56 Å². The lowest BCUT2D eigenvalue weighted by atomic mass is 9.89. The van der Waals surface area contributed by atoms with Crippen molar-refractivity contribution >= 4 is 23.5 Å². The molecule has 2 atom stereocenters. The number of ether oxygens (including phenoxy) is 1. The topological polar surface area (TPSA) is 66.8 Å². The summed E-state index contributed by atoms with van der Waals surface area (Å²) in [5, 5.41) is 10.0. The summed E-state index contributed by atoms with van der Waals surface area (Å²) in [6.45, 7) is 0.576. The first kappa shape index (κ1) is 18.3. The molecule has 1 fully saturated rings. The van der Waals surface area contributed by atoms with Crippen LogP contribution in [-0.2, 0) is 16.0 Å². The highest BCUT2D eigenvalue weighted by Crippen LogP contribution is 2.34. The van der Waals surface area contributed by atoms with E-state index in [0.29, 0.717) is 22.9 Å². The third-order valence-electron chi connectivity index (χ3n) is 4.84. The van der Waals surface area contributed by atoms with Crippen molar-refractivity contribution < 1.29 is 19.4 Å². The second-order valence-electron chi connectivity index (χ2n) is 6.36. The zero-order valence-electron chi connectivity index (χ0n) is 14.4. The van der Waals surface area contributed by atoms with Gasteiger partial charge in [-0.1, -0.05) is 48.0 Å². The van der Waals surface area contributed by atoms with Crippen molar-refractivity contribution in [3.63, 3.8) is 0 Å². The lowest BCUT2D eigenvalue weighted by Gasteiger charge is -2.18. The molecule has 1 aliphatic heterocycles. The molecule has 0 radical (unpaired) electrons. The summed E-state index contributed by atoms with van der Waals surface area (Å²) >= 11 is 6.22. The summed E-state index contributed by atoms with van der Waals surface area (Å²) < 4.78 is 5.29. The maximum absolute atomic E-state index is 12.8. The van der Waals surface area contributed by atoms with E-state index in [2.05, 4.69) is 0 Å². The number of carboxylic acids is 1. The Morgan fingerprint density at radius 1 is 1.15 bits per heavy atom. The first-order valence-electron chi connectivity index (χ1n) is 8.38. The molecule has 1 amide bonds. The first-order chi connectivity index (χ1) is 12.5. The van der Waals surface area contributed by atoms with Crippen molar-refractivity contribution in [2.75, 3.05) is 20.2 Å². The van der Waals surface area contributed by atoms with Crippen molar-refractivity contribution in [2.24, 2.45) is 5.92 Å². The molecule has 26 heavy (non-hydrogen) atoms. The number of aliphatic carboxylic acids is 1. The molecule has 0 saturated carbocycles. The highest BCUT2D eigenvalue weighted by atomic mass is 35.5. The molecule has 2 unspecified atom stereocenters. The second kappa shape index (κ2) is 7.79. The normalized spacial score (nSPS) is 19.4. The number of nitrogens with zero attached hydrogens (tertiary/aromatic N) is 1. The Kier molecular flexibility index (Phi) is 5.47. The van der Waals surface area contributed by atoms with Crippen LogP contribution in [0.4, 0.5) is 0 Å². The van der Waals surface area contributed by atoms with Crippen molar-refractivity contribution in [1.29, 1.82) is 0 Å². The zero-order valence-corrected chi connectivity index (χ0v) is 15.1. The van der Waals surface area contributed by atoms with Crippen LogP contribution in [0.25, 0.3) is 0 Å². The van der Waals surface area contributed by atoms with Crippen molar-refractivity contribution in [2.45, 2.75) is 12.3 Å². The predicted octanol–water partition coefficient (Wildman–Crippen LogP) is 3.22. The minimum atomic E-state index is -0.885. The number of likely N-dealkylation sites (tertiary alicyclic amines) is 1. The van der Waals surface area contributed by atoms with Crippen molar-refractivity contribution in [1.82, 2.24) is 4.90 Å². The molecule has 0 bridgehead atoms. The van der Waals surface area contributed by atoms with Gasteiger partial charge in [-0.2, -0.15) is 0 Å². The molecular formula is C20H20ClNO4. The minimum absolute atomic E-state index is 0.0801. The standard InChI is InChI=1S/C20H20ClNO4/c1-26-18-9-5-8-17(21)14(18)10-19(23)22-11-15(16(12-22)20(24)25)13-6-3-2-4-7-13/h2-9,15-16H,10-12H2,1H3,(H,24,25).